The van der Waals surface area contributed by atoms with Gasteiger partial charge in [0.25, 0.3) is 0 Å². The summed E-state index contributed by atoms with van der Waals surface area (Å²) in [5, 5.41) is 1.52. The molecule has 0 spiro atoms. The molecule has 1 aliphatic rings. The van der Waals surface area contributed by atoms with E-state index in [4.69, 9.17) is 34.8 Å². The molecule has 2 heterocycles. The molecular weight excluding hydrogens is 385 g/mol. The number of aromatic nitrogens is 1. The molecule has 1 aliphatic heterocycles. The van der Waals surface area contributed by atoms with Crippen molar-refractivity contribution >= 4 is 46.1 Å². The lowest BCUT2D eigenvalue weighted by molar-refractivity contribution is 0.120. The molecule has 7 heteroatoms. The fraction of sp³-hybridized carbons (Fsp3) is 0.471. The second-order valence-electron chi connectivity index (χ2n) is 6.24. The Balaban J connectivity index is 1.51. The van der Waals surface area contributed by atoms with E-state index in [9.17, 15) is 0 Å². The zero-order valence-corrected chi connectivity index (χ0v) is 16.6. The van der Waals surface area contributed by atoms with Gasteiger partial charge in [0.2, 0.25) is 0 Å². The van der Waals surface area contributed by atoms with Crippen LogP contribution in [0.15, 0.2) is 24.4 Å². The third kappa shape index (κ3) is 4.84. The van der Waals surface area contributed by atoms with E-state index in [1.807, 2.05) is 24.4 Å². The second-order valence-corrected chi connectivity index (χ2v) is 8.78. The first-order valence-electron chi connectivity index (χ1n) is 7.98. The third-order valence-electron chi connectivity index (χ3n) is 4.51. The third-order valence-corrected chi connectivity index (χ3v) is 6.22. The number of nitrogens with zero attached hydrogens (tertiary/aromatic N) is 3. The molecule has 0 unspecified atom stereocenters. The van der Waals surface area contributed by atoms with Gasteiger partial charge >= 0.3 is 0 Å². The molecule has 24 heavy (non-hydrogen) atoms. The summed E-state index contributed by atoms with van der Waals surface area (Å²) in [6.07, 6.45) is 4.19. The molecule has 130 valence electrons. The minimum Gasteiger partial charge on any atom is -0.299 e. The molecule has 0 saturated carbocycles. The Labute approximate surface area is 162 Å². The lowest BCUT2D eigenvalue weighted by atomic mass is 10.0. The monoisotopic (exact) mass is 403 g/mol. The smallest absolute Gasteiger partial charge is 0.183 e. The van der Waals surface area contributed by atoms with Crippen LogP contribution < -0.4 is 0 Å². The van der Waals surface area contributed by atoms with Crippen LogP contribution in [-0.2, 0) is 13.1 Å². The van der Waals surface area contributed by atoms with Crippen LogP contribution in [0.4, 0.5) is 0 Å². The highest BCUT2D eigenvalue weighted by atomic mass is 35.5. The highest BCUT2D eigenvalue weighted by Gasteiger charge is 2.23. The van der Waals surface area contributed by atoms with Crippen molar-refractivity contribution in [1.29, 1.82) is 0 Å². The van der Waals surface area contributed by atoms with Gasteiger partial charge in [-0.05, 0) is 43.7 Å². The van der Waals surface area contributed by atoms with Gasteiger partial charge in [0.05, 0.1) is 0 Å². The number of rotatable bonds is 5. The highest BCUT2D eigenvalue weighted by Crippen LogP contribution is 2.25. The zero-order valence-electron chi connectivity index (χ0n) is 13.5. The van der Waals surface area contributed by atoms with E-state index in [0.29, 0.717) is 10.5 Å². The summed E-state index contributed by atoms with van der Waals surface area (Å²) >= 11 is 19.8. The Morgan fingerprint density at radius 1 is 1.25 bits per heavy atom. The Hall–Kier alpha value is -0.360. The number of likely N-dealkylation sites (tertiary alicyclic amines) is 1. The van der Waals surface area contributed by atoms with Gasteiger partial charge in [-0.3, -0.25) is 9.80 Å². The van der Waals surface area contributed by atoms with Gasteiger partial charge < -0.3 is 0 Å². The molecule has 0 N–H and O–H groups in total. The van der Waals surface area contributed by atoms with Crippen LogP contribution in [-0.4, -0.2) is 41.0 Å². The van der Waals surface area contributed by atoms with Crippen molar-refractivity contribution in [2.45, 2.75) is 32.0 Å². The highest BCUT2D eigenvalue weighted by molar-refractivity contribution is 7.15. The van der Waals surface area contributed by atoms with Crippen LogP contribution in [0.2, 0.25) is 14.5 Å². The average Bonchev–Trinajstić information content (AvgIpc) is 2.96. The standard InChI is InChI=1S/C17H20Cl3N3S/c1-22(10-12-8-13(18)2-3-16(12)19)14-4-6-23(7-5-14)11-15-9-21-17(20)24-15/h2-3,8-9,14H,4-7,10-11H2,1H3. The molecule has 0 bridgehead atoms. The summed E-state index contributed by atoms with van der Waals surface area (Å²) in [6, 6.07) is 6.23. The Morgan fingerprint density at radius 3 is 2.67 bits per heavy atom. The Morgan fingerprint density at radius 2 is 2.00 bits per heavy atom. The van der Waals surface area contributed by atoms with E-state index < -0.39 is 0 Å². The molecule has 0 radical (unpaired) electrons. The van der Waals surface area contributed by atoms with Crippen LogP contribution in [0.5, 0.6) is 0 Å². The topological polar surface area (TPSA) is 19.4 Å². The van der Waals surface area contributed by atoms with Crippen LogP contribution >= 0.6 is 46.1 Å². The summed E-state index contributed by atoms with van der Waals surface area (Å²) in [5.74, 6) is 0. The van der Waals surface area contributed by atoms with Crippen LogP contribution in [0.25, 0.3) is 0 Å². The van der Waals surface area contributed by atoms with E-state index in [-0.39, 0.29) is 0 Å². The van der Waals surface area contributed by atoms with Crippen molar-refractivity contribution in [2.75, 3.05) is 20.1 Å². The molecule has 0 aliphatic carbocycles. The maximum atomic E-state index is 6.29. The Bertz CT molecular complexity index is 683. The predicted octanol–water partition coefficient (Wildman–Crippen LogP) is 5.20. The summed E-state index contributed by atoms with van der Waals surface area (Å²) in [4.78, 5) is 10.2. The van der Waals surface area contributed by atoms with Crippen molar-refractivity contribution in [3.8, 4) is 0 Å². The van der Waals surface area contributed by atoms with E-state index in [1.54, 1.807) is 11.3 Å². The first kappa shape index (κ1) is 18.4. The Kier molecular flexibility index (Phi) is 6.41. The SMILES string of the molecule is CN(Cc1cc(Cl)ccc1Cl)C1CCN(Cc2cnc(Cl)s2)CC1. The summed E-state index contributed by atoms with van der Waals surface area (Å²) in [5.41, 5.74) is 1.09. The fourth-order valence-electron chi connectivity index (χ4n) is 3.16. The lowest BCUT2D eigenvalue weighted by Crippen LogP contribution is -2.42. The molecule has 3 rings (SSSR count). The fourth-order valence-corrected chi connectivity index (χ4v) is 4.55. The van der Waals surface area contributed by atoms with Crippen molar-refractivity contribution in [2.24, 2.45) is 0 Å². The molecule has 3 nitrogen and oxygen atoms in total. The molecule has 1 fully saturated rings. The van der Waals surface area contributed by atoms with Crippen molar-refractivity contribution in [1.82, 2.24) is 14.8 Å². The van der Waals surface area contributed by atoms with Gasteiger partial charge in [-0.2, -0.15) is 0 Å². The van der Waals surface area contributed by atoms with Gasteiger partial charge in [-0.25, -0.2) is 4.98 Å². The van der Waals surface area contributed by atoms with E-state index in [1.165, 1.54) is 4.88 Å². The van der Waals surface area contributed by atoms with Gasteiger partial charge in [-0.15, -0.1) is 11.3 Å². The van der Waals surface area contributed by atoms with E-state index in [2.05, 4.69) is 21.8 Å². The zero-order chi connectivity index (χ0) is 17.1. The van der Waals surface area contributed by atoms with E-state index >= 15 is 0 Å². The predicted molar refractivity (Wildman–Crippen MR) is 103 cm³/mol. The van der Waals surface area contributed by atoms with Gasteiger partial charge in [-0.1, -0.05) is 34.8 Å². The minimum atomic E-state index is 0.571. The van der Waals surface area contributed by atoms with E-state index in [0.717, 1.165) is 54.6 Å². The van der Waals surface area contributed by atoms with Gasteiger partial charge in [0.1, 0.15) is 0 Å². The molecular formula is C17H20Cl3N3S. The molecule has 1 aromatic carbocycles. The maximum Gasteiger partial charge on any atom is 0.183 e. The minimum absolute atomic E-state index is 0.571. The largest absolute Gasteiger partial charge is 0.299 e. The van der Waals surface area contributed by atoms with Crippen LogP contribution in [0, 0.1) is 0 Å². The van der Waals surface area contributed by atoms with Crippen molar-refractivity contribution in [3.05, 3.63) is 49.3 Å². The second kappa shape index (κ2) is 8.35. The first-order valence-corrected chi connectivity index (χ1v) is 9.93. The number of thiazole rings is 1. The van der Waals surface area contributed by atoms with Crippen molar-refractivity contribution in [3.63, 3.8) is 0 Å². The number of hydrogen-bond donors (Lipinski definition) is 0. The average molecular weight is 405 g/mol. The number of hydrogen-bond acceptors (Lipinski definition) is 4. The molecule has 1 aromatic heterocycles. The van der Waals surface area contributed by atoms with Gasteiger partial charge in [0.15, 0.2) is 4.47 Å². The summed E-state index contributed by atoms with van der Waals surface area (Å²) < 4.78 is 0.623. The summed E-state index contributed by atoms with van der Waals surface area (Å²) in [7, 11) is 2.17. The molecule has 2 aromatic rings. The quantitative estimate of drug-likeness (QED) is 0.683. The molecule has 1 saturated heterocycles. The normalized spacial score (nSPS) is 16.9. The molecule has 0 atom stereocenters. The van der Waals surface area contributed by atoms with Crippen LogP contribution in [0.1, 0.15) is 23.3 Å². The van der Waals surface area contributed by atoms with Crippen molar-refractivity contribution < 1.29 is 0 Å². The molecule has 0 amide bonds. The maximum absolute atomic E-state index is 6.29. The number of benzene rings is 1. The number of halogens is 3. The lowest BCUT2D eigenvalue weighted by Gasteiger charge is -2.36. The van der Waals surface area contributed by atoms with Gasteiger partial charge in [0, 0.05) is 53.3 Å². The first-order chi connectivity index (χ1) is 11.5. The van der Waals surface area contributed by atoms with Crippen LogP contribution in [0.3, 0.4) is 0 Å². The summed E-state index contributed by atoms with van der Waals surface area (Å²) in [6.45, 7) is 3.96. The number of piperidine rings is 1.